The largest absolute Gasteiger partial charge is 0.495 e. The number of ether oxygens (including phenoxy) is 1. The first-order chi connectivity index (χ1) is 10.6. The molecule has 0 aromatic heterocycles. The third-order valence-corrected chi connectivity index (χ3v) is 3.28. The highest BCUT2D eigenvalue weighted by molar-refractivity contribution is 5.90. The molecule has 0 unspecified atom stereocenters. The Labute approximate surface area is 129 Å². The molecule has 0 bridgehead atoms. The number of hydrogen-bond acceptors (Lipinski definition) is 2. The highest BCUT2D eigenvalue weighted by Gasteiger charge is 2.14. The van der Waals surface area contributed by atoms with Gasteiger partial charge in [-0.15, -0.1) is 0 Å². The number of para-hydroxylation sites is 2. The van der Waals surface area contributed by atoms with Gasteiger partial charge in [-0.1, -0.05) is 24.3 Å². The number of rotatable bonds is 5. The maximum absolute atomic E-state index is 13.2. The van der Waals surface area contributed by atoms with Crippen LogP contribution in [0, 0.1) is 5.82 Å². The molecule has 0 heterocycles. The van der Waals surface area contributed by atoms with Crippen LogP contribution in [0.4, 0.5) is 14.9 Å². The second-order valence-corrected chi connectivity index (χ2v) is 4.77. The van der Waals surface area contributed by atoms with Gasteiger partial charge < -0.3 is 15.0 Å². The molecule has 2 aromatic carbocycles. The van der Waals surface area contributed by atoms with E-state index in [1.165, 1.54) is 12.1 Å². The Morgan fingerprint density at radius 2 is 2.00 bits per heavy atom. The number of amides is 2. The molecular formula is C17H19FN2O2. The molecule has 22 heavy (non-hydrogen) atoms. The van der Waals surface area contributed by atoms with Crippen LogP contribution in [0.15, 0.2) is 48.5 Å². The first kappa shape index (κ1) is 15.8. The lowest BCUT2D eigenvalue weighted by molar-refractivity contribution is 0.212. The molecule has 2 amide bonds. The van der Waals surface area contributed by atoms with E-state index in [1.54, 1.807) is 36.3 Å². The Morgan fingerprint density at radius 1 is 1.23 bits per heavy atom. The summed E-state index contributed by atoms with van der Waals surface area (Å²) in [6, 6.07) is 13.2. The van der Waals surface area contributed by atoms with Crippen molar-refractivity contribution in [1.29, 1.82) is 0 Å². The Balaban J connectivity index is 2.09. The average Bonchev–Trinajstić information content (AvgIpc) is 2.53. The first-order valence-electron chi connectivity index (χ1n) is 7.07. The normalized spacial score (nSPS) is 10.1. The number of urea groups is 1. The molecular weight excluding hydrogens is 283 g/mol. The minimum atomic E-state index is -0.307. The van der Waals surface area contributed by atoms with Gasteiger partial charge in [0.05, 0.1) is 12.8 Å². The minimum Gasteiger partial charge on any atom is -0.495 e. The predicted molar refractivity (Wildman–Crippen MR) is 84.5 cm³/mol. The van der Waals surface area contributed by atoms with Crippen molar-refractivity contribution in [3.05, 3.63) is 59.9 Å². The van der Waals surface area contributed by atoms with Gasteiger partial charge in [-0.2, -0.15) is 0 Å². The van der Waals surface area contributed by atoms with Crippen LogP contribution in [0.3, 0.4) is 0 Å². The molecule has 4 nitrogen and oxygen atoms in total. The lowest BCUT2D eigenvalue weighted by Crippen LogP contribution is -2.34. The number of anilines is 1. The van der Waals surface area contributed by atoms with Crippen molar-refractivity contribution in [2.75, 3.05) is 19.0 Å². The van der Waals surface area contributed by atoms with Gasteiger partial charge in [0.2, 0.25) is 0 Å². The summed E-state index contributed by atoms with van der Waals surface area (Å²) in [7, 11) is 1.55. The lowest BCUT2D eigenvalue weighted by Gasteiger charge is -2.22. The van der Waals surface area contributed by atoms with Crippen LogP contribution in [-0.2, 0) is 6.54 Å². The molecule has 0 fully saturated rings. The SMILES string of the molecule is CCN(Cc1cccc(F)c1)C(=O)Nc1ccccc1OC. The van der Waals surface area contributed by atoms with Crippen LogP contribution in [0.25, 0.3) is 0 Å². The molecule has 0 aliphatic carbocycles. The van der Waals surface area contributed by atoms with Gasteiger partial charge in [0.1, 0.15) is 11.6 Å². The van der Waals surface area contributed by atoms with E-state index < -0.39 is 0 Å². The molecule has 1 N–H and O–H groups in total. The molecule has 0 spiro atoms. The first-order valence-corrected chi connectivity index (χ1v) is 7.07. The molecule has 116 valence electrons. The van der Waals surface area contributed by atoms with E-state index in [0.717, 1.165) is 5.56 Å². The standard InChI is InChI=1S/C17H19FN2O2/c1-3-20(12-13-7-6-8-14(18)11-13)17(21)19-15-9-4-5-10-16(15)22-2/h4-11H,3,12H2,1-2H3,(H,19,21). The minimum absolute atomic E-state index is 0.253. The summed E-state index contributed by atoms with van der Waals surface area (Å²) in [5.74, 6) is 0.288. The Kier molecular flexibility index (Phi) is 5.36. The van der Waals surface area contributed by atoms with Crippen LogP contribution >= 0.6 is 0 Å². The van der Waals surface area contributed by atoms with Crippen LogP contribution in [0.2, 0.25) is 0 Å². The highest BCUT2D eigenvalue weighted by Crippen LogP contribution is 2.23. The van der Waals surface area contributed by atoms with E-state index in [1.807, 2.05) is 19.1 Å². The van der Waals surface area contributed by atoms with Gasteiger partial charge in [-0.25, -0.2) is 9.18 Å². The van der Waals surface area contributed by atoms with Gasteiger partial charge in [0.25, 0.3) is 0 Å². The quantitative estimate of drug-likeness (QED) is 0.910. The lowest BCUT2D eigenvalue weighted by atomic mass is 10.2. The fraction of sp³-hybridized carbons (Fsp3) is 0.235. The highest BCUT2D eigenvalue weighted by atomic mass is 19.1. The maximum Gasteiger partial charge on any atom is 0.322 e. The molecule has 0 atom stereocenters. The monoisotopic (exact) mass is 302 g/mol. The Bertz CT molecular complexity index is 646. The van der Waals surface area contributed by atoms with Crippen molar-refractivity contribution in [3.8, 4) is 5.75 Å². The zero-order valence-electron chi connectivity index (χ0n) is 12.7. The third-order valence-electron chi connectivity index (χ3n) is 3.28. The average molecular weight is 302 g/mol. The van der Waals surface area contributed by atoms with Gasteiger partial charge in [0.15, 0.2) is 0 Å². The van der Waals surface area contributed by atoms with Gasteiger partial charge in [-0.3, -0.25) is 0 Å². The van der Waals surface area contributed by atoms with Crippen molar-refractivity contribution in [2.45, 2.75) is 13.5 Å². The molecule has 0 radical (unpaired) electrons. The zero-order valence-corrected chi connectivity index (χ0v) is 12.7. The van der Waals surface area contributed by atoms with Crippen molar-refractivity contribution >= 4 is 11.7 Å². The molecule has 0 aliphatic rings. The summed E-state index contributed by atoms with van der Waals surface area (Å²) in [5.41, 5.74) is 1.35. The summed E-state index contributed by atoms with van der Waals surface area (Å²) < 4.78 is 18.4. The van der Waals surface area contributed by atoms with Crippen molar-refractivity contribution < 1.29 is 13.9 Å². The van der Waals surface area contributed by atoms with Gasteiger partial charge in [0, 0.05) is 13.1 Å². The second kappa shape index (κ2) is 7.45. The molecule has 2 rings (SSSR count). The summed E-state index contributed by atoms with van der Waals surface area (Å²) in [6.45, 7) is 2.73. The van der Waals surface area contributed by atoms with E-state index in [9.17, 15) is 9.18 Å². The molecule has 0 aliphatic heterocycles. The third kappa shape index (κ3) is 3.97. The number of halogens is 1. The van der Waals surface area contributed by atoms with E-state index in [0.29, 0.717) is 24.5 Å². The number of carbonyl (C=O) groups is 1. The Hall–Kier alpha value is -2.56. The molecule has 5 heteroatoms. The number of benzene rings is 2. The topological polar surface area (TPSA) is 41.6 Å². The van der Waals surface area contributed by atoms with Crippen molar-refractivity contribution in [2.24, 2.45) is 0 Å². The summed E-state index contributed by atoms with van der Waals surface area (Å²) in [6.07, 6.45) is 0. The number of nitrogens with zero attached hydrogens (tertiary/aromatic N) is 1. The van der Waals surface area contributed by atoms with Crippen LogP contribution in [0.5, 0.6) is 5.75 Å². The second-order valence-electron chi connectivity index (χ2n) is 4.77. The number of carbonyl (C=O) groups excluding carboxylic acids is 1. The summed E-state index contributed by atoms with van der Waals surface area (Å²) >= 11 is 0. The summed E-state index contributed by atoms with van der Waals surface area (Å²) in [4.78, 5) is 14.0. The Morgan fingerprint density at radius 3 is 2.68 bits per heavy atom. The summed E-state index contributed by atoms with van der Waals surface area (Å²) in [5, 5.41) is 2.82. The van der Waals surface area contributed by atoms with Gasteiger partial charge >= 0.3 is 6.03 Å². The van der Waals surface area contributed by atoms with E-state index in [4.69, 9.17) is 4.74 Å². The fourth-order valence-electron chi connectivity index (χ4n) is 2.13. The van der Waals surface area contributed by atoms with Crippen LogP contribution in [-0.4, -0.2) is 24.6 Å². The van der Waals surface area contributed by atoms with E-state index >= 15 is 0 Å². The fourth-order valence-corrected chi connectivity index (χ4v) is 2.13. The maximum atomic E-state index is 13.2. The van der Waals surface area contributed by atoms with E-state index in [2.05, 4.69) is 5.32 Å². The number of methoxy groups -OCH3 is 1. The number of hydrogen-bond donors (Lipinski definition) is 1. The molecule has 0 saturated carbocycles. The van der Waals surface area contributed by atoms with Crippen molar-refractivity contribution in [1.82, 2.24) is 4.90 Å². The van der Waals surface area contributed by atoms with E-state index in [-0.39, 0.29) is 11.8 Å². The number of nitrogens with one attached hydrogen (secondary N) is 1. The van der Waals surface area contributed by atoms with Crippen LogP contribution in [0.1, 0.15) is 12.5 Å². The van der Waals surface area contributed by atoms with Crippen LogP contribution < -0.4 is 10.1 Å². The predicted octanol–water partition coefficient (Wildman–Crippen LogP) is 3.89. The van der Waals surface area contributed by atoms with Crippen molar-refractivity contribution in [3.63, 3.8) is 0 Å². The van der Waals surface area contributed by atoms with Gasteiger partial charge in [-0.05, 0) is 36.8 Å². The zero-order chi connectivity index (χ0) is 15.9. The smallest absolute Gasteiger partial charge is 0.322 e. The molecule has 2 aromatic rings. The molecule has 0 saturated heterocycles.